The van der Waals surface area contributed by atoms with Crippen LogP contribution in [0.2, 0.25) is 0 Å². The Morgan fingerprint density at radius 2 is 0.957 bits per heavy atom. The van der Waals surface area contributed by atoms with E-state index < -0.39 is 174 Å². The lowest BCUT2D eigenvalue weighted by atomic mass is 9.97. The number of carbonyl (C=O) groups excluding carboxylic acids is 13. The molecule has 13 amide bonds. The van der Waals surface area contributed by atoms with Gasteiger partial charge in [0.05, 0.1) is 19.1 Å². The van der Waals surface area contributed by atoms with Crippen LogP contribution in [0.4, 0.5) is 0 Å². The SMILES string of the molecule is CC[C@H](C)[C@H](NC(=O)C(C)NC(=O)[C@H](CCSC)NC(=O)[C@H](CCSC)NC(=O)[C@H](Cc1c[nH]c2ccccc12)NC(=O)CNC(=O)C(C)NC(=O)CNC(=O)[C@@H](N)CCCN=C(N)N)C(=O)NC(C)C(=O)NC(C)C(=O)NC(C)C(=O)NC(C)C(=O)N[C@@H](CS)C(=O)O. The normalized spacial score (nSPS) is 15.1. The molecule has 2 aromatic rings. The van der Waals surface area contributed by atoms with Crippen LogP contribution >= 0.6 is 36.2 Å². The number of aromatic amines is 1. The van der Waals surface area contributed by atoms with Gasteiger partial charge < -0.3 is 96.4 Å². The molecule has 524 valence electrons. The van der Waals surface area contributed by atoms with E-state index in [2.05, 4.69) is 91.7 Å². The number of carboxylic acids is 1. The van der Waals surface area contributed by atoms with Gasteiger partial charge in [0, 0.05) is 35.8 Å². The van der Waals surface area contributed by atoms with E-state index in [-0.39, 0.29) is 43.9 Å². The lowest BCUT2D eigenvalue weighted by Crippen LogP contribution is -2.60. The molecule has 0 bridgehead atoms. The van der Waals surface area contributed by atoms with E-state index in [1.807, 2.05) is 12.1 Å². The van der Waals surface area contributed by atoms with Crippen molar-refractivity contribution in [1.29, 1.82) is 0 Å². The van der Waals surface area contributed by atoms with Crippen molar-refractivity contribution in [2.24, 2.45) is 28.1 Å². The zero-order chi connectivity index (χ0) is 70.9. The van der Waals surface area contributed by atoms with Gasteiger partial charge in [0.1, 0.15) is 66.5 Å². The van der Waals surface area contributed by atoms with Gasteiger partial charge in [-0.15, -0.1) is 0 Å². The van der Waals surface area contributed by atoms with E-state index in [9.17, 15) is 72.2 Å². The Bertz CT molecular complexity index is 2990. The highest BCUT2D eigenvalue weighted by Crippen LogP contribution is 2.20. The first-order valence-corrected chi connectivity index (χ1v) is 33.8. The van der Waals surface area contributed by atoms with E-state index in [0.29, 0.717) is 29.9 Å². The topological polar surface area (TPSA) is 522 Å². The largest absolute Gasteiger partial charge is 0.480 e. The number of nitrogens with zero attached hydrogens (tertiary/aromatic N) is 1. The number of thioether (sulfide) groups is 2. The fourth-order valence-corrected chi connectivity index (χ4v) is 9.77. The maximum atomic E-state index is 14.4. The van der Waals surface area contributed by atoms with Gasteiger partial charge in [0.2, 0.25) is 76.8 Å². The molecule has 0 aliphatic carbocycles. The van der Waals surface area contributed by atoms with Crippen LogP contribution < -0.4 is 86.3 Å². The Labute approximate surface area is 559 Å². The van der Waals surface area contributed by atoms with Gasteiger partial charge in [-0.3, -0.25) is 67.3 Å². The smallest absolute Gasteiger partial charge is 0.327 e. The molecule has 0 aliphatic rings. The molecule has 0 aliphatic heterocycles. The van der Waals surface area contributed by atoms with E-state index in [4.69, 9.17) is 17.2 Å². The number of benzene rings is 1. The first kappa shape index (κ1) is 81.7. The molecule has 36 heteroatoms. The summed E-state index contributed by atoms with van der Waals surface area (Å²) < 4.78 is 0. The van der Waals surface area contributed by atoms with Gasteiger partial charge in [0.15, 0.2) is 5.96 Å². The first-order valence-electron chi connectivity index (χ1n) is 30.3. The molecule has 2 rings (SSSR count). The van der Waals surface area contributed by atoms with Crippen molar-refractivity contribution in [2.75, 3.05) is 49.4 Å². The Hall–Kier alpha value is -8.38. The number of fused-ring (bicyclic) bond motifs is 1. The van der Waals surface area contributed by atoms with E-state index in [0.717, 1.165) is 10.9 Å². The number of nitrogens with two attached hydrogens (primary N) is 3. The molecule has 13 atom stereocenters. The number of aromatic nitrogens is 1. The number of aliphatic imine (C=N–C) groups is 1. The minimum atomic E-state index is -1.34. The number of amides is 13. The molecular weight excluding hydrogens is 1280 g/mol. The average molecular weight is 1380 g/mol. The summed E-state index contributed by atoms with van der Waals surface area (Å²) in [6.07, 6.45) is 6.27. The van der Waals surface area contributed by atoms with E-state index in [1.54, 1.807) is 44.7 Å². The van der Waals surface area contributed by atoms with Crippen molar-refractivity contribution >= 4 is 136 Å². The van der Waals surface area contributed by atoms with Crippen LogP contribution in [0.5, 0.6) is 0 Å². The molecule has 1 heterocycles. The highest BCUT2D eigenvalue weighted by Gasteiger charge is 2.35. The van der Waals surface area contributed by atoms with Gasteiger partial charge in [0.25, 0.3) is 0 Å². The van der Waals surface area contributed by atoms with Crippen molar-refractivity contribution in [1.82, 2.24) is 74.1 Å². The van der Waals surface area contributed by atoms with Crippen LogP contribution in [0.1, 0.15) is 93.1 Å². The molecule has 0 saturated heterocycles. The predicted molar refractivity (Wildman–Crippen MR) is 358 cm³/mol. The second-order valence-corrected chi connectivity index (χ2v) is 24.6. The Kier molecular flexibility index (Phi) is 36.6. The summed E-state index contributed by atoms with van der Waals surface area (Å²) in [5.74, 6) is -11.5. The highest BCUT2D eigenvalue weighted by atomic mass is 32.2. The lowest BCUT2D eigenvalue weighted by molar-refractivity contribution is -0.141. The van der Waals surface area contributed by atoms with Crippen LogP contribution in [0.3, 0.4) is 0 Å². The van der Waals surface area contributed by atoms with Gasteiger partial charge in [-0.2, -0.15) is 36.2 Å². The highest BCUT2D eigenvalue weighted by molar-refractivity contribution is 7.98. The van der Waals surface area contributed by atoms with Gasteiger partial charge in [-0.25, -0.2) is 4.79 Å². The third kappa shape index (κ3) is 28.9. The number of H-pyrrole nitrogens is 1. The number of carboxylic acid groups (broad SMARTS) is 1. The quantitative estimate of drug-likeness (QED) is 0.0129. The molecule has 33 nitrogen and oxygen atoms in total. The second-order valence-electron chi connectivity index (χ2n) is 22.3. The van der Waals surface area contributed by atoms with Crippen LogP contribution in [0.25, 0.3) is 10.9 Å². The van der Waals surface area contributed by atoms with Crippen LogP contribution in [0, 0.1) is 5.92 Å². The third-order valence-electron chi connectivity index (χ3n) is 14.5. The summed E-state index contributed by atoms with van der Waals surface area (Å²) in [4.78, 5) is 192. The lowest BCUT2D eigenvalue weighted by Gasteiger charge is -2.28. The maximum Gasteiger partial charge on any atom is 0.327 e. The molecule has 0 radical (unpaired) electrons. The summed E-state index contributed by atoms with van der Waals surface area (Å²) in [5.41, 5.74) is 17.8. The fraction of sp³-hybridized carbons (Fsp3) is 0.603. The molecule has 21 N–H and O–H groups in total. The van der Waals surface area contributed by atoms with E-state index >= 15 is 0 Å². The van der Waals surface area contributed by atoms with Gasteiger partial charge in [-0.05, 0) is 109 Å². The number of nitrogens with one attached hydrogen (secondary N) is 14. The summed E-state index contributed by atoms with van der Waals surface area (Å²) in [7, 11) is 0. The number of carbonyl (C=O) groups is 14. The molecule has 0 saturated carbocycles. The molecule has 0 fully saturated rings. The molecule has 1 aromatic carbocycles. The monoisotopic (exact) mass is 1380 g/mol. The number of thiol groups is 1. The molecule has 1 aromatic heterocycles. The summed E-state index contributed by atoms with van der Waals surface area (Å²) in [5, 5.41) is 42.4. The molecular formula is C58H94N18O15S3. The van der Waals surface area contributed by atoms with Crippen LogP contribution in [-0.4, -0.2) is 221 Å². The zero-order valence-electron chi connectivity index (χ0n) is 54.5. The number of guanidine groups is 1. The number of hydrogen-bond acceptors (Lipinski definition) is 19. The first-order chi connectivity index (χ1) is 44.3. The van der Waals surface area contributed by atoms with Crippen molar-refractivity contribution in [3.8, 4) is 0 Å². The summed E-state index contributed by atoms with van der Waals surface area (Å²) >= 11 is 6.62. The minimum absolute atomic E-state index is 0.0632. The third-order valence-corrected chi connectivity index (χ3v) is 16.2. The number of hydrogen-bond donors (Lipinski definition) is 19. The Morgan fingerprint density at radius 3 is 1.45 bits per heavy atom. The van der Waals surface area contributed by atoms with Gasteiger partial charge in [-0.1, -0.05) is 38.5 Å². The summed E-state index contributed by atoms with van der Waals surface area (Å²) in [6.45, 7) is 10.5. The standard InChI is InChI=1S/C58H94N18O15S3/c1-11-28(2)45(56(89)71-32(6)49(82)68-30(4)47(80)67-31(5)48(81)69-33(7)50(83)75-42(27-92)57(90)91)76-51(84)34(8)70-53(86)39(18-21-93-9)73-54(87)40(19-22-94-10)74-55(88)41(23-35-24-63-38-17-13-12-15-36(35)38)72-44(78)26-64-46(79)29(3)66-43(77)25-65-52(85)37(59)16-14-20-62-58(60)61/h12-13,15,17,24,28-34,37,39-42,45,63,92H,11,14,16,18-23,25-27,59H2,1-10H3,(H,64,79)(H,65,85)(H,66,77)(H,67,80)(H,68,82)(H,69,81)(H,70,86)(H,71,89)(H,72,78)(H,73,87)(H,74,88)(H,75,83)(H,76,84)(H,90,91)(H4,60,61,62)/t28-,29?,30?,31?,32?,33?,34?,37-,39-,40-,41-,42-,45-/m0/s1. The molecule has 0 spiro atoms. The fourth-order valence-electron chi connectivity index (χ4n) is 8.58. The zero-order valence-corrected chi connectivity index (χ0v) is 57.0. The Balaban J connectivity index is 2.17. The van der Waals surface area contributed by atoms with Gasteiger partial charge >= 0.3 is 5.97 Å². The van der Waals surface area contributed by atoms with Crippen molar-refractivity contribution in [3.05, 3.63) is 36.0 Å². The average Bonchev–Trinajstić information content (AvgIpc) is 1.66. The molecule has 94 heavy (non-hydrogen) atoms. The second kappa shape index (κ2) is 42.1. The Morgan fingerprint density at radius 1 is 0.532 bits per heavy atom. The van der Waals surface area contributed by atoms with Crippen molar-refractivity contribution in [2.45, 2.75) is 166 Å². The molecule has 6 unspecified atom stereocenters. The van der Waals surface area contributed by atoms with Crippen LogP contribution in [0.15, 0.2) is 35.5 Å². The number of para-hydroxylation sites is 1. The predicted octanol–water partition coefficient (Wildman–Crippen LogP) is -4.66. The number of rotatable bonds is 42. The summed E-state index contributed by atoms with van der Waals surface area (Å²) in [6, 6.07) is -7.57. The number of aliphatic carboxylic acids is 1. The van der Waals surface area contributed by atoms with Crippen LogP contribution in [-0.2, 0) is 73.5 Å². The van der Waals surface area contributed by atoms with Crippen molar-refractivity contribution in [3.63, 3.8) is 0 Å². The van der Waals surface area contributed by atoms with E-state index in [1.165, 1.54) is 65.1 Å². The maximum absolute atomic E-state index is 14.4. The minimum Gasteiger partial charge on any atom is -0.480 e. The van der Waals surface area contributed by atoms with Crippen molar-refractivity contribution < 1.29 is 72.2 Å².